The zero-order chi connectivity index (χ0) is 11.8. The van der Waals surface area contributed by atoms with Crippen LogP contribution in [0.2, 0.25) is 0 Å². The standard InChI is InChI=1S/C11H13N5O/c1-7-2-3-9-14-11(15-16(9)6-7)13-8-4-10(17)12-5-8/h2-3,6,8H,4-5H2,1H3,(H,12,17)(H,13,15). The lowest BCUT2D eigenvalue weighted by molar-refractivity contribution is -0.119. The molecule has 2 N–H and O–H groups in total. The molecule has 1 saturated heterocycles. The number of rotatable bonds is 2. The van der Waals surface area contributed by atoms with Crippen molar-refractivity contribution >= 4 is 17.5 Å². The van der Waals surface area contributed by atoms with E-state index < -0.39 is 0 Å². The SMILES string of the molecule is Cc1ccc2nc(NC3CNC(=O)C3)nn2c1. The van der Waals surface area contributed by atoms with Gasteiger partial charge in [-0.2, -0.15) is 4.98 Å². The van der Waals surface area contributed by atoms with Crippen molar-refractivity contribution in [3.63, 3.8) is 0 Å². The number of carbonyl (C=O) groups is 1. The topological polar surface area (TPSA) is 71.3 Å². The summed E-state index contributed by atoms with van der Waals surface area (Å²) in [4.78, 5) is 15.4. The zero-order valence-corrected chi connectivity index (χ0v) is 9.47. The van der Waals surface area contributed by atoms with Gasteiger partial charge in [-0.05, 0) is 18.6 Å². The van der Waals surface area contributed by atoms with E-state index in [2.05, 4.69) is 20.7 Å². The third kappa shape index (κ3) is 1.93. The van der Waals surface area contributed by atoms with E-state index in [1.165, 1.54) is 0 Å². The molecular formula is C11H13N5O. The van der Waals surface area contributed by atoms with Crippen LogP contribution in [0.4, 0.5) is 5.95 Å². The first-order chi connectivity index (χ1) is 8.20. The molecule has 1 atom stereocenters. The largest absolute Gasteiger partial charge is 0.354 e. The summed E-state index contributed by atoms with van der Waals surface area (Å²) in [6, 6.07) is 4.00. The van der Waals surface area contributed by atoms with Crippen LogP contribution in [0, 0.1) is 6.92 Å². The molecule has 0 aromatic carbocycles. The molecule has 17 heavy (non-hydrogen) atoms. The average molecular weight is 231 g/mol. The predicted molar refractivity (Wildman–Crippen MR) is 62.8 cm³/mol. The van der Waals surface area contributed by atoms with Gasteiger partial charge in [0.25, 0.3) is 0 Å². The van der Waals surface area contributed by atoms with Crippen LogP contribution < -0.4 is 10.6 Å². The number of aryl methyl sites for hydroxylation is 1. The summed E-state index contributed by atoms with van der Waals surface area (Å²) < 4.78 is 1.74. The molecule has 1 unspecified atom stereocenters. The fourth-order valence-corrected chi connectivity index (χ4v) is 1.94. The molecule has 6 heteroatoms. The summed E-state index contributed by atoms with van der Waals surface area (Å²) in [5, 5.41) is 10.2. The molecule has 88 valence electrons. The average Bonchev–Trinajstić information content (AvgIpc) is 2.84. The molecule has 0 aliphatic carbocycles. The minimum Gasteiger partial charge on any atom is -0.354 e. The van der Waals surface area contributed by atoms with Gasteiger partial charge in [0.1, 0.15) is 0 Å². The van der Waals surface area contributed by atoms with Crippen LogP contribution in [0.1, 0.15) is 12.0 Å². The van der Waals surface area contributed by atoms with Crippen molar-refractivity contribution in [3.05, 3.63) is 23.9 Å². The second-order valence-electron chi connectivity index (χ2n) is 4.29. The van der Waals surface area contributed by atoms with Crippen molar-refractivity contribution in [2.24, 2.45) is 0 Å². The van der Waals surface area contributed by atoms with Crippen molar-refractivity contribution in [1.29, 1.82) is 0 Å². The van der Waals surface area contributed by atoms with Crippen LogP contribution in [0.3, 0.4) is 0 Å². The quantitative estimate of drug-likeness (QED) is 0.781. The number of fused-ring (bicyclic) bond motifs is 1. The lowest BCUT2D eigenvalue weighted by atomic mass is 10.3. The maximum atomic E-state index is 11.1. The molecule has 2 aromatic heterocycles. The Labute approximate surface area is 98.0 Å². The number of nitrogens with one attached hydrogen (secondary N) is 2. The van der Waals surface area contributed by atoms with Crippen molar-refractivity contribution < 1.29 is 4.79 Å². The summed E-state index contributed by atoms with van der Waals surface area (Å²) in [7, 11) is 0. The molecule has 3 rings (SSSR count). The van der Waals surface area contributed by atoms with Crippen LogP contribution in [-0.2, 0) is 4.79 Å². The van der Waals surface area contributed by atoms with Gasteiger partial charge in [0.15, 0.2) is 5.65 Å². The van der Waals surface area contributed by atoms with E-state index >= 15 is 0 Å². The lowest BCUT2D eigenvalue weighted by Crippen LogP contribution is -2.22. The van der Waals surface area contributed by atoms with E-state index in [1.807, 2.05) is 25.3 Å². The number of aromatic nitrogens is 3. The van der Waals surface area contributed by atoms with Crippen LogP contribution in [0.15, 0.2) is 18.3 Å². The summed E-state index contributed by atoms with van der Waals surface area (Å²) in [6.07, 6.45) is 2.40. The maximum Gasteiger partial charge on any atom is 0.243 e. The van der Waals surface area contributed by atoms with E-state index in [0.29, 0.717) is 18.9 Å². The fraction of sp³-hybridized carbons (Fsp3) is 0.364. The first-order valence-corrected chi connectivity index (χ1v) is 5.57. The van der Waals surface area contributed by atoms with E-state index in [4.69, 9.17) is 0 Å². The number of carbonyl (C=O) groups excluding carboxylic acids is 1. The van der Waals surface area contributed by atoms with Gasteiger partial charge in [0, 0.05) is 19.2 Å². The lowest BCUT2D eigenvalue weighted by Gasteiger charge is -2.06. The molecule has 6 nitrogen and oxygen atoms in total. The molecule has 1 aliphatic rings. The van der Waals surface area contributed by atoms with Crippen LogP contribution in [0.25, 0.3) is 5.65 Å². The Morgan fingerprint density at radius 3 is 3.18 bits per heavy atom. The van der Waals surface area contributed by atoms with Gasteiger partial charge in [-0.15, -0.1) is 5.10 Å². The second kappa shape index (κ2) is 3.73. The second-order valence-corrected chi connectivity index (χ2v) is 4.29. The minimum atomic E-state index is 0.0714. The number of hydrogen-bond donors (Lipinski definition) is 2. The first kappa shape index (κ1) is 10.1. The minimum absolute atomic E-state index is 0.0714. The first-order valence-electron chi connectivity index (χ1n) is 5.57. The third-order valence-electron chi connectivity index (χ3n) is 2.79. The van der Waals surface area contributed by atoms with Crippen LogP contribution >= 0.6 is 0 Å². The van der Waals surface area contributed by atoms with E-state index in [-0.39, 0.29) is 11.9 Å². The Bertz CT molecular complexity index is 576. The number of hydrogen-bond acceptors (Lipinski definition) is 4. The number of pyridine rings is 1. The molecule has 1 aliphatic heterocycles. The molecule has 0 bridgehead atoms. The molecule has 1 fully saturated rings. The van der Waals surface area contributed by atoms with E-state index in [1.54, 1.807) is 4.52 Å². The molecule has 3 heterocycles. The molecule has 1 amide bonds. The molecule has 0 spiro atoms. The van der Waals surface area contributed by atoms with Crippen LogP contribution in [0.5, 0.6) is 0 Å². The fourth-order valence-electron chi connectivity index (χ4n) is 1.94. The maximum absolute atomic E-state index is 11.1. The van der Waals surface area contributed by atoms with Gasteiger partial charge < -0.3 is 10.6 Å². The Morgan fingerprint density at radius 1 is 1.53 bits per heavy atom. The summed E-state index contributed by atoms with van der Waals surface area (Å²) >= 11 is 0. The third-order valence-corrected chi connectivity index (χ3v) is 2.79. The Kier molecular flexibility index (Phi) is 2.21. The summed E-state index contributed by atoms with van der Waals surface area (Å²) in [6.45, 7) is 2.64. The van der Waals surface area contributed by atoms with E-state index in [9.17, 15) is 4.79 Å². The highest BCUT2D eigenvalue weighted by atomic mass is 16.1. The van der Waals surface area contributed by atoms with Gasteiger partial charge >= 0.3 is 0 Å². The van der Waals surface area contributed by atoms with Gasteiger partial charge in [0.2, 0.25) is 11.9 Å². The van der Waals surface area contributed by atoms with Crippen LogP contribution in [-0.4, -0.2) is 33.1 Å². The molecule has 0 saturated carbocycles. The van der Waals surface area contributed by atoms with Crippen molar-refractivity contribution in [1.82, 2.24) is 19.9 Å². The molecule has 2 aromatic rings. The monoisotopic (exact) mass is 231 g/mol. The van der Waals surface area contributed by atoms with E-state index in [0.717, 1.165) is 11.2 Å². The number of amides is 1. The highest BCUT2D eigenvalue weighted by molar-refractivity contribution is 5.79. The highest BCUT2D eigenvalue weighted by Crippen LogP contribution is 2.10. The van der Waals surface area contributed by atoms with Gasteiger partial charge in [0.05, 0.1) is 6.04 Å². The van der Waals surface area contributed by atoms with Crippen molar-refractivity contribution in [3.8, 4) is 0 Å². The van der Waals surface area contributed by atoms with Gasteiger partial charge in [-0.25, -0.2) is 4.52 Å². The summed E-state index contributed by atoms with van der Waals surface area (Å²) in [5.41, 5.74) is 1.93. The summed E-state index contributed by atoms with van der Waals surface area (Å²) in [5.74, 6) is 0.638. The number of anilines is 1. The highest BCUT2D eigenvalue weighted by Gasteiger charge is 2.22. The zero-order valence-electron chi connectivity index (χ0n) is 9.47. The van der Waals surface area contributed by atoms with Gasteiger partial charge in [-0.3, -0.25) is 4.79 Å². The number of nitrogens with zero attached hydrogens (tertiary/aromatic N) is 3. The molecule has 0 radical (unpaired) electrons. The smallest absolute Gasteiger partial charge is 0.243 e. The molecular weight excluding hydrogens is 218 g/mol. The van der Waals surface area contributed by atoms with Crippen molar-refractivity contribution in [2.75, 3.05) is 11.9 Å². The Hall–Kier alpha value is -2.11. The van der Waals surface area contributed by atoms with Crippen molar-refractivity contribution in [2.45, 2.75) is 19.4 Å². The van der Waals surface area contributed by atoms with Gasteiger partial charge in [-0.1, -0.05) is 6.07 Å². The normalized spacial score (nSPS) is 19.6. The predicted octanol–water partition coefficient (Wildman–Crippen LogP) is 0.338. The Balaban J connectivity index is 1.83. The Morgan fingerprint density at radius 2 is 2.41 bits per heavy atom.